The minimum Gasteiger partial charge on any atom is -0.365 e. The molecular weight excluding hydrogens is 328 g/mol. The molecule has 128 valence electrons. The lowest BCUT2D eigenvalue weighted by Crippen LogP contribution is -2.31. The SMILES string of the molecule is CCC(=O)N1CC[C@H](Nc2ncnc3ccc(S(C)(=O)=O)cc23)C1. The smallest absolute Gasteiger partial charge is 0.222 e. The first-order valence-corrected chi connectivity index (χ1v) is 9.76. The van der Waals surface area contributed by atoms with E-state index in [9.17, 15) is 13.2 Å². The Balaban J connectivity index is 1.88. The average Bonchev–Trinajstić information content (AvgIpc) is 3.02. The van der Waals surface area contributed by atoms with E-state index in [2.05, 4.69) is 15.3 Å². The summed E-state index contributed by atoms with van der Waals surface area (Å²) in [6.45, 7) is 3.21. The Labute approximate surface area is 141 Å². The summed E-state index contributed by atoms with van der Waals surface area (Å²) in [6, 6.07) is 4.92. The summed E-state index contributed by atoms with van der Waals surface area (Å²) < 4.78 is 23.6. The van der Waals surface area contributed by atoms with Gasteiger partial charge >= 0.3 is 0 Å². The topological polar surface area (TPSA) is 92.3 Å². The van der Waals surface area contributed by atoms with Crippen LogP contribution in [0.4, 0.5) is 5.82 Å². The van der Waals surface area contributed by atoms with Gasteiger partial charge in [-0.2, -0.15) is 0 Å². The molecule has 1 N–H and O–H groups in total. The van der Waals surface area contributed by atoms with Gasteiger partial charge in [-0.1, -0.05) is 6.92 Å². The van der Waals surface area contributed by atoms with Gasteiger partial charge in [-0.15, -0.1) is 0 Å². The molecule has 0 unspecified atom stereocenters. The van der Waals surface area contributed by atoms with E-state index in [0.717, 1.165) is 13.0 Å². The zero-order chi connectivity index (χ0) is 17.3. The summed E-state index contributed by atoms with van der Waals surface area (Å²) in [7, 11) is -3.30. The number of amides is 1. The van der Waals surface area contributed by atoms with E-state index < -0.39 is 9.84 Å². The molecule has 0 bridgehead atoms. The number of likely N-dealkylation sites (tertiary alicyclic amines) is 1. The molecule has 0 radical (unpaired) electrons. The number of nitrogens with one attached hydrogen (secondary N) is 1. The van der Waals surface area contributed by atoms with Crippen molar-refractivity contribution < 1.29 is 13.2 Å². The third-order valence-electron chi connectivity index (χ3n) is 4.22. The van der Waals surface area contributed by atoms with Gasteiger partial charge in [0.05, 0.1) is 10.4 Å². The van der Waals surface area contributed by atoms with Crippen molar-refractivity contribution in [2.24, 2.45) is 0 Å². The van der Waals surface area contributed by atoms with Crippen molar-refractivity contribution >= 4 is 32.5 Å². The van der Waals surface area contributed by atoms with Crippen LogP contribution in [0.3, 0.4) is 0 Å². The number of aromatic nitrogens is 2. The average molecular weight is 348 g/mol. The first-order chi connectivity index (χ1) is 11.4. The summed E-state index contributed by atoms with van der Waals surface area (Å²) in [4.78, 5) is 22.3. The maximum atomic E-state index is 11.8. The molecule has 1 atom stereocenters. The van der Waals surface area contributed by atoms with Gasteiger partial charge in [0.2, 0.25) is 5.91 Å². The predicted octanol–water partition coefficient (Wildman–Crippen LogP) is 1.46. The molecule has 1 amide bonds. The van der Waals surface area contributed by atoms with Crippen molar-refractivity contribution in [3.8, 4) is 0 Å². The Hall–Kier alpha value is -2.22. The zero-order valence-corrected chi connectivity index (χ0v) is 14.5. The Bertz CT molecular complexity index is 882. The fourth-order valence-corrected chi connectivity index (χ4v) is 3.55. The normalized spacial score (nSPS) is 18.1. The van der Waals surface area contributed by atoms with Crippen molar-refractivity contribution in [2.75, 3.05) is 24.7 Å². The molecule has 2 heterocycles. The molecule has 7 nitrogen and oxygen atoms in total. The van der Waals surface area contributed by atoms with Crippen LogP contribution in [0.1, 0.15) is 19.8 Å². The molecule has 0 aliphatic carbocycles. The molecule has 1 aliphatic heterocycles. The Kier molecular flexibility index (Phi) is 4.40. The summed E-state index contributed by atoms with van der Waals surface area (Å²) in [6.07, 6.45) is 3.97. The molecule has 1 aliphatic rings. The lowest BCUT2D eigenvalue weighted by molar-refractivity contribution is -0.129. The number of benzene rings is 1. The third kappa shape index (κ3) is 3.33. The van der Waals surface area contributed by atoms with Crippen LogP contribution >= 0.6 is 0 Å². The second-order valence-electron chi connectivity index (χ2n) is 6.00. The maximum Gasteiger partial charge on any atom is 0.222 e. The van der Waals surface area contributed by atoms with Crippen LogP contribution in [-0.4, -0.2) is 54.6 Å². The van der Waals surface area contributed by atoms with Crippen molar-refractivity contribution in [3.63, 3.8) is 0 Å². The highest BCUT2D eigenvalue weighted by Crippen LogP contribution is 2.25. The summed E-state index contributed by atoms with van der Waals surface area (Å²) in [5.74, 6) is 0.743. The van der Waals surface area contributed by atoms with Crippen LogP contribution in [0, 0.1) is 0 Å². The van der Waals surface area contributed by atoms with Gasteiger partial charge in [0.15, 0.2) is 9.84 Å². The molecule has 1 fully saturated rings. The van der Waals surface area contributed by atoms with E-state index in [4.69, 9.17) is 0 Å². The zero-order valence-electron chi connectivity index (χ0n) is 13.7. The Morgan fingerprint density at radius 1 is 1.38 bits per heavy atom. The third-order valence-corrected chi connectivity index (χ3v) is 5.33. The highest BCUT2D eigenvalue weighted by atomic mass is 32.2. The van der Waals surface area contributed by atoms with E-state index in [0.29, 0.717) is 29.7 Å². The van der Waals surface area contributed by atoms with Crippen molar-refractivity contribution in [3.05, 3.63) is 24.5 Å². The predicted molar refractivity (Wildman–Crippen MR) is 91.5 cm³/mol. The summed E-state index contributed by atoms with van der Waals surface area (Å²) in [5.41, 5.74) is 0.680. The quantitative estimate of drug-likeness (QED) is 0.899. The Morgan fingerprint density at radius 2 is 2.17 bits per heavy atom. The van der Waals surface area contributed by atoms with Crippen LogP contribution in [0.25, 0.3) is 10.9 Å². The molecule has 3 rings (SSSR count). The number of sulfone groups is 1. The molecule has 1 aromatic heterocycles. The van der Waals surface area contributed by atoms with Crippen LogP contribution in [0.15, 0.2) is 29.4 Å². The van der Waals surface area contributed by atoms with Gasteiger partial charge in [0.25, 0.3) is 0 Å². The fraction of sp³-hybridized carbons (Fsp3) is 0.438. The minimum absolute atomic E-state index is 0.0977. The first kappa shape index (κ1) is 16.6. The van der Waals surface area contributed by atoms with E-state index in [1.165, 1.54) is 12.6 Å². The molecule has 0 spiro atoms. The van der Waals surface area contributed by atoms with Gasteiger partial charge in [0.1, 0.15) is 12.1 Å². The number of fused-ring (bicyclic) bond motifs is 1. The molecule has 24 heavy (non-hydrogen) atoms. The van der Waals surface area contributed by atoms with Gasteiger partial charge in [0, 0.05) is 37.2 Å². The van der Waals surface area contributed by atoms with E-state index in [1.54, 1.807) is 18.2 Å². The standard InChI is InChI=1S/C16H20N4O3S/c1-3-15(21)20-7-6-11(9-20)19-16-13-8-12(24(2,22)23)4-5-14(13)17-10-18-16/h4-5,8,10-11H,3,6-7,9H2,1-2H3,(H,17,18,19)/t11-/m0/s1. The lowest BCUT2D eigenvalue weighted by Gasteiger charge is -2.17. The van der Waals surface area contributed by atoms with Gasteiger partial charge < -0.3 is 10.2 Å². The highest BCUT2D eigenvalue weighted by Gasteiger charge is 2.25. The lowest BCUT2D eigenvalue weighted by atomic mass is 10.2. The summed E-state index contributed by atoms with van der Waals surface area (Å²) in [5, 5.41) is 4.00. The molecule has 8 heteroatoms. The van der Waals surface area contributed by atoms with Crippen LogP contribution in [-0.2, 0) is 14.6 Å². The van der Waals surface area contributed by atoms with Gasteiger partial charge in [-0.05, 0) is 24.6 Å². The number of hydrogen-bond donors (Lipinski definition) is 1. The second-order valence-corrected chi connectivity index (χ2v) is 8.01. The number of hydrogen-bond acceptors (Lipinski definition) is 6. The first-order valence-electron chi connectivity index (χ1n) is 7.87. The van der Waals surface area contributed by atoms with Crippen LogP contribution < -0.4 is 5.32 Å². The maximum absolute atomic E-state index is 11.8. The number of rotatable bonds is 4. The van der Waals surface area contributed by atoms with E-state index >= 15 is 0 Å². The van der Waals surface area contributed by atoms with Crippen LogP contribution in [0.5, 0.6) is 0 Å². The molecular formula is C16H20N4O3S. The number of anilines is 1. The highest BCUT2D eigenvalue weighted by molar-refractivity contribution is 7.90. The number of carbonyl (C=O) groups excluding carboxylic acids is 1. The number of carbonyl (C=O) groups is 1. The Morgan fingerprint density at radius 3 is 2.88 bits per heavy atom. The molecule has 0 saturated carbocycles. The molecule has 2 aromatic rings. The fourth-order valence-electron chi connectivity index (χ4n) is 2.90. The number of nitrogens with zero attached hydrogens (tertiary/aromatic N) is 3. The van der Waals surface area contributed by atoms with Crippen molar-refractivity contribution in [1.82, 2.24) is 14.9 Å². The molecule has 1 saturated heterocycles. The van der Waals surface area contributed by atoms with E-state index in [-0.39, 0.29) is 16.8 Å². The summed E-state index contributed by atoms with van der Waals surface area (Å²) >= 11 is 0. The van der Waals surface area contributed by atoms with Crippen molar-refractivity contribution in [2.45, 2.75) is 30.7 Å². The van der Waals surface area contributed by atoms with Gasteiger partial charge in [-0.25, -0.2) is 18.4 Å². The largest absolute Gasteiger partial charge is 0.365 e. The monoisotopic (exact) mass is 348 g/mol. The second kappa shape index (κ2) is 6.35. The van der Waals surface area contributed by atoms with Crippen molar-refractivity contribution in [1.29, 1.82) is 0 Å². The van der Waals surface area contributed by atoms with Crippen LogP contribution in [0.2, 0.25) is 0 Å². The minimum atomic E-state index is -3.30. The van der Waals surface area contributed by atoms with Gasteiger partial charge in [-0.3, -0.25) is 4.79 Å². The van der Waals surface area contributed by atoms with E-state index in [1.807, 2.05) is 11.8 Å². The molecule has 1 aromatic carbocycles.